The van der Waals surface area contributed by atoms with Gasteiger partial charge in [0.2, 0.25) is 0 Å². The highest BCUT2D eigenvalue weighted by atomic mass is 16.5. The summed E-state index contributed by atoms with van der Waals surface area (Å²) in [5, 5.41) is 0. The van der Waals surface area contributed by atoms with Gasteiger partial charge in [-0.25, -0.2) is 4.79 Å². The summed E-state index contributed by atoms with van der Waals surface area (Å²) in [6.07, 6.45) is 6.01. The van der Waals surface area contributed by atoms with Crippen LogP contribution < -0.4 is 0 Å². The fourth-order valence-corrected chi connectivity index (χ4v) is 1.25. The summed E-state index contributed by atoms with van der Waals surface area (Å²) in [7, 11) is 0. The van der Waals surface area contributed by atoms with E-state index in [1.54, 1.807) is 0 Å². The van der Waals surface area contributed by atoms with Crippen LogP contribution in [0, 0.1) is 0 Å². The zero-order valence-electron chi connectivity index (χ0n) is 9.59. The molecule has 0 amide bonds. The quantitative estimate of drug-likeness (QED) is 0.634. The minimum absolute atomic E-state index is 0.189. The van der Waals surface area contributed by atoms with Gasteiger partial charge in [-0.1, -0.05) is 26.0 Å². The van der Waals surface area contributed by atoms with Crippen molar-refractivity contribution in [2.45, 2.75) is 40.5 Å². The Bertz CT molecular complexity index is 237. The van der Waals surface area contributed by atoms with E-state index in [9.17, 15) is 4.79 Å². The highest BCUT2D eigenvalue weighted by Crippen LogP contribution is 2.18. The molecular weight excluding hydrogens is 176 g/mol. The molecule has 0 aromatic heterocycles. The maximum absolute atomic E-state index is 11.3. The van der Waals surface area contributed by atoms with Gasteiger partial charge in [-0.2, -0.15) is 0 Å². The maximum Gasteiger partial charge on any atom is 0.338 e. The van der Waals surface area contributed by atoms with Crippen LogP contribution in [0.2, 0.25) is 0 Å². The van der Waals surface area contributed by atoms with Crippen LogP contribution in [0.25, 0.3) is 0 Å². The first-order valence-corrected chi connectivity index (χ1v) is 5.30. The fraction of sp³-hybridized carbons (Fsp3) is 0.583. The zero-order valence-corrected chi connectivity index (χ0v) is 9.59. The Kier molecular flexibility index (Phi) is 6.81. The fourth-order valence-electron chi connectivity index (χ4n) is 1.25. The lowest BCUT2D eigenvalue weighted by atomic mass is 9.99. The van der Waals surface area contributed by atoms with E-state index < -0.39 is 0 Å². The van der Waals surface area contributed by atoms with Gasteiger partial charge in [-0.15, -0.1) is 0 Å². The molecule has 80 valence electrons. The summed E-state index contributed by atoms with van der Waals surface area (Å²) < 4.78 is 4.90. The molecule has 0 aromatic carbocycles. The van der Waals surface area contributed by atoms with E-state index in [2.05, 4.69) is 6.08 Å². The molecule has 0 aromatic rings. The lowest BCUT2D eigenvalue weighted by Gasteiger charge is -2.10. The normalized spacial score (nSPS) is 14.6. The summed E-state index contributed by atoms with van der Waals surface area (Å²) in [5.41, 5.74) is 1.78. The average Bonchev–Trinajstić information content (AvgIpc) is 2.22. The molecule has 1 rings (SSSR count). The molecule has 1 aliphatic rings. The first-order valence-electron chi connectivity index (χ1n) is 5.30. The van der Waals surface area contributed by atoms with Crippen molar-refractivity contribution in [1.82, 2.24) is 0 Å². The second-order valence-electron chi connectivity index (χ2n) is 2.80. The van der Waals surface area contributed by atoms with Crippen molar-refractivity contribution in [3.05, 3.63) is 23.3 Å². The Morgan fingerprint density at radius 3 is 2.43 bits per heavy atom. The summed E-state index contributed by atoms with van der Waals surface area (Å²) in [6, 6.07) is 0. The predicted octanol–water partition coefficient (Wildman–Crippen LogP) is 3.24. The molecular formula is C12H20O2. The van der Waals surface area contributed by atoms with Crippen molar-refractivity contribution in [1.29, 1.82) is 0 Å². The van der Waals surface area contributed by atoms with Gasteiger partial charge in [-0.05, 0) is 32.3 Å². The molecule has 0 N–H and O–H groups in total. The third-order valence-corrected chi connectivity index (χ3v) is 1.89. The Morgan fingerprint density at radius 1 is 1.36 bits per heavy atom. The number of hydrogen-bond acceptors (Lipinski definition) is 2. The molecule has 14 heavy (non-hydrogen) atoms. The Morgan fingerprint density at radius 2 is 1.93 bits per heavy atom. The zero-order chi connectivity index (χ0) is 11.0. The van der Waals surface area contributed by atoms with Crippen molar-refractivity contribution in [2.24, 2.45) is 0 Å². The molecule has 2 nitrogen and oxygen atoms in total. The first-order chi connectivity index (χ1) is 6.75. The van der Waals surface area contributed by atoms with E-state index in [0.29, 0.717) is 6.61 Å². The second kappa shape index (κ2) is 7.36. The minimum atomic E-state index is -0.189. The van der Waals surface area contributed by atoms with E-state index in [-0.39, 0.29) is 5.97 Å². The molecule has 0 spiro atoms. The molecule has 0 saturated heterocycles. The van der Waals surface area contributed by atoms with Crippen molar-refractivity contribution >= 4 is 5.97 Å². The van der Waals surface area contributed by atoms with Crippen LogP contribution >= 0.6 is 0 Å². The van der Waals surface area contributed by atoms with Crippen LogP contribution in [-0.2, 0) is 9.53 Å². The van der Waals surface area contributed by atoms with E-state index in [1.807, 2.05) is 33.8 Å². The highest BCUT2D eigenvalue weighted by Gasteiger charge is 2.13. The number of carbonyl (C=O) groups excluding carboxylic acids is 1. The number of esters is 1. The van der Waals surface area contributed by atoms with Crippen LogP contribution in [0.5, 0.6) is 0 Å². The molecule has 0 fully saturated rings. The van der Waals surface area contributed by atoms with Crippen LogP contribution in [0.4, 0.5) is 0 Å². The van der Waals surface area contributed by atoms with Crippen LogP contribution in [0.3, 0.4) is 0 Å². The third-order valence-electron chi connectivity index (χ3n) is 1.89. The van der Waals surface area contributed by atoms with E-state index in [4.69, 9.17) is 4.74 Å². The van der Waals surface area contributed by atoms with Crippen LogP contribution in [-0.4, -0.2) is 12.6 Å². The second-order valence-corrected chi connectivity index (χ2v) is 2.80. The molecule has 0 bridgehead atoms. The van der Waals surface area contributed by atoms with Gasteiger partial charge in [0.1, 0.15) is 0 Å². The van der Waals surface area contributed by atoms with E-state index in [1.165, 1.54) is 0 Å². The summed E-state index contributed by atoms with van der Waals surface area (Å²) in [4.78, 5) is 11.3. The van der Waals surface area contributed by atoms with Crippen molar-refractivity contribution in [3.8, 4) is 0 Å². The summed E-state index contributed by atoms with van der Waals surface area (Å²) >= 11 is 0. The molecule has 2 heteroatoms. The van der Waals surface area contributed by atoms with Crippen LogP contribution in [0.15, 0.2) is 23.3 Å². The predicted molar refractivity (Wildman–Crippen MR) is 59.1 cm³/mol. The minimum Gasteiger partial charge on any atom is -0.462 e. The molecule has 0 atom stereocenters. The lowest BCUT2D eigenvalue weighted by Crippen LogP contribution is -2.10. The number of hydrogen-bond donors (Lipinski definition) is 0. The van der Waals surface area contributed by atoms with Crippen molar-refractivity contribution in [2.75, 3.05) is 6.61 Å². The van der Waals surface area contributed by atoms with Gasteiger partial charge in [0.15, 0.2) is 0 Å². The summed E-state index contributed by atoms with van der Waals surface area (Å²) in [6.45, 7) is 8.21. The Labute approximate surface area is 86.6 Å². The number of rotatable bonds is 2. The monoisotopic (exact) mass is 196 g/mol. The van der Waals surface area contributed by atoms with E-state index >= 15 is 0 Å². The van der Waals surface area contributed by atoms with Gasteiger partial charge in [0, 0.05) is 0 Å². The lowest BCUT2D eigenvalue weighted by molar-refractivity contribution is -0.138. The Balaban J connectivity index is 0.000000791. The maximum atomic E-state index is 11.3. The topological polar surface area (TPSA) is 26.3 Å². The molecule has 1 aliphatic carbocycles. The average molecular weight is 196 g/mol. The number of carbonyl (C=O) groups is 1. The molecule has 0 radical (unpaired) electrons. The summed E-state index contributed by atoms with van der Waals surface area (Å²) in [5.74, 6) is -0.189. The molecule has 0 heterocycles. The molecule has 0 saturated carbocycles. The smallest absolute Gasteiger partial charge is 0.338 e. The van der Waals surface area contributed by atoms with Crippen molar-refractivity contribution in [3.63, 3.8) is 0 Å². The van der Waals surface area contributed by atoms with Gasteiger partial charge in [0.25, 0.3) is 0 Å². The van der Waals surface area contributed by atoms with Gasteiger partial charge >= 0.3 is 5.97 Å². The first kappa shape index (κ1) is 12.9. The number of ether oxygens (including phenoxy) is 1. The van der Waals surface area contributed by atoms with Gasteiger partial charge < -0.3 is 4.74 Å². The highest BCUT2D eigenvalue weighted by molar-refractivity contribution is 5.93. The molecule has 0 unspecified atom stereocenters. The Hall–Kier alpha value is -1.05. The largest absolute Gasteiger partial charge is 0.462 e. The third kappa shape index (κ3) is 3.77. The molecule has 0 aliphatic heterocycles. The SMILES string of the molecule is CC.CCOC(=O)C1=CCCC=C1C. The van der Waals surface area contributed by atoms with Crippen LogP contribution in [0.1, 0.15) is 40.5 Å². The van der Waals surface area contributed by atoms with Gasteiger partial charge in [0.05, 0.1) is 12.2 Å². The number of allylic oxidation sites excluding steroid dienone is 2. The van der Waals surface area contributed by atoms with Crippen molar-refractivity contribution < 1.29 is 9.53 Å². The van der Waals surface area contributed by atoms with E-state index in [0.717, 1.165) is 24.0 Å². The standard InChI is InChI=1S/C10H14O2.C2H6/c1-3-12-10(11)9-7-5-4-6-8(9)2;1-2/h6-7H,3-5H2,1-2H3;1-2H3. The van der Waals surface area contributed by atoms with Gasteiger partial charge in [-0.3, -0.25) is 0 Å².